The number of rotatable bonds is 8. The molecule has 0 radical (unpaired) electrons. The Labute approximate surface area is 245 Å². The second-order valence-electron chi connectivity index (χ2n) is 10.2. The Kier molecular flexibility index (Phi) is 8.21. The smallest absolute Gasteiger partial charge is 0.459 e. The Morgan fingerprint density at radius 3 is 2.19 bits per heavy atom. The molecule has 0 aliphatic rings. The molecule has 226 valence electrons. The van der Waals surface area contributed by atoms with Crippen molar-refractivity contribution in [1.82, 2.24) is 4.57 Å². The van der Waals surface area contributed by atoms with Crippen molar-refractivity contribution in [2.75, 3.05) is 10.8 Å². The van der Waals surface area contributed by atoms with Crippen LogP contribution >= 0.6 is 11.6 Å². The highest BCUT2D eigenvalue weighted by Gasteiger charge is 2.48. The molecular weight excluding hydrogens is 621 g/mol. The summed E-state index contributed by atoms with van der Waals surface area (Å²) in [4.78, 5) is 12.2. The van der Waals surface area contributed by atoms with Gasteiger partial charge >= 0.3 is 21.6 Å². The lowest BCUT2D eigenvalue weighted by molar-refractivity contribution is -0.152. The first-order chi connectivity index (χ1) is 19.3. The highest BCUT2D eigenvalue weighted by Crippen LogP contribution is 2.36. The summed E-state index contributed by atoms with van der Waals surface area (Å²) in [5.41, 5.74) is -5.00. The fourth-order valence-corrected chi connectivity index (χ4v) is 6.57. The average molecular weight is 647 g/mol. The monoisotopic (exact) mass is 646 g/mol. The molecule has 4 rings (SSSR count). The van der Waals surface area contributed by atoms with Crippen molar-refractivity contribution >= 4 is 65.2 Å². The number of carbonyl (C=O) groups excluding carboxylic acids is 1. The molecule has 3 aromatic carbocycles. The fourth-order valence-electron chi connectivity index (χ4n) is 4.38. The van der Waals surface area contributed by atoms with Crippen molar-refractivity contribution in [2.24, 2.45) is 0 Å². The molecular formula is C27H26ClF3N2O7S2. The minimum atomic E-state index is -6.13. The van der Waals surface area contributed by atoms with Gasteiger partial charge in [-0.15, -0.1) is 0 Å². The maximum absolute atomic E-state index is 14.0. The zero-order chi connectivity index (χ0) is 31.3. The molecule has 15 heteroatoms. The fraction of sp³-hybridized carbons (Fsp3) is 0.296. The van der Waals surface area contributed by atoms with Crippen LogP contribution in [0, 0.1) is 0 Å². The summed E-state index contributed by atoms with van der Waals surface area (Å²) in [5, 5.41) is 1.07. The first-order valence-corrected chi connectivity index (χ1v) is 15.6. The molecule has 0 saturated carbocycles. The number of hydrogen-bond acceptors (Lipinski definition) is 7. The number of anilines is 1. The lowest BCUT2D eigenvalue weighted by Gasteiger charge is -2.26. The van der Waals surface area contributed by atoms with Crippen LogP contribution in [0.5, 0.6) is 5.75 Å². The number of carbonyl (C=O) groups is 1. The Morgan fingerprint density at radius 1 is 0.929 bits per heavy atom. The maximum Gasteiger partial charge on any atom is 0.534 e. The summed E-state index contributed by atoms with van der Waals surface area (Å²) >= 11 is 5.97. The number of nitrogens with zero attached hydrogens (tertiary/aromatic N) is 2. The number of aromatic nitrogens is 1. The van der Waals surface area contributed by atoms with E-state index in [1.54, 1.807) is 32.9 Å². The van der Waals surface area contributed by atoms with Gasteiger partial charge in [-0.05, 0) is 58.0 Å². The van der Waals surface area contributed by atoms with Crippen LogP contribution in [0.4, 0.5) is 18.9 Å². The number of para-hydroxylation sites is 1. The van der Waals surface area contributed by atoms with Gasteiger partial charge in [-0.1, -0.05) is 29.8 Å². The van der Waals surface area contributed by atoms with E-state index in [1.165, 1.54) is 6.07 Å². The number of alkyl halides is 3. The molecule has 0 saturated heterocycles. The highest BCUT2D eigenvalue weighted by atomic mass is 35.5. The zero-order valence-electron chi connectivity index (χ0n) is 22.8. The maximum atomic E-state index is 14.0. The third kappa shape index (κ3) is 6.30. The SMILES string of the molecule is CCn1c2ccccc2c2cc(N(CC(=O)OC(C)(C)C)S(=O)(=O)c3cc(Cl)cc(OS(=O)(=O)C(F)(F)F)c3)ccc21. The molecule has 4 aromatic rings. The summed E-state index contributed by atoms with van der Waals surface area (Å²) in [7, 11) is -10.9. The van der Waals surface area contributed by atoms with Gasteiger partial charge in [-0.2, -0.15) is 21.6 Å². The average Bonchev–Trinajstić information content (AvgIpc) is 3.17. The highest BCUT2D eigenvalue weighted by molar-refractivity contribution is 7.93. The number of esters is 1. The lowest BCUT2D eigenvalue weighted by Crippen LogP contribution is -2.39. The van der Waals surface area contributed by atoms with E-state index in [2.05, 4.69) is 4.18 Å². The van der Waals surface area contributed by atoms with E-state index in [-0.39, 0.29) is 5.69 Å². The molecule has 1 heterocycles. The predicted octanol–water partition coefficient (Wildman–Crippen LogP) is 6.23. The molecule has 0 aliphatic carbocycles. The van der Waals surface area contributed by atoms with Crippen LogP contribution in [-0.4, -0.2) is 45.0 Å². The van der Waals surface area contributed by atoms with Gasteiger partial charge in [0.05, 0.1) is 10.6 Å². The third-order valence-electron chi connectivity index (χ3n) is 5.98. The van der Waals surface area contributed by atoms with E-state index in [0.717, 1.165) is 22.5 Å². The number of fused-ring (bicyclic) bond motifs is 3. The van der Waals surface area contributed by atoms with Gasteiger partial charge in [0.15, 0.2) is 0 Å². The van der Waals surface area contributed by atoms with Crippen molar-refractivity contribution in [2.45, 2.75) is 50.2 Å². The standard InChI is InChI=1S/C27H26ClF3N2O7S2/c1-5-32-23-9-7-6-8-21(23)22-14-18(10-11-24(22)32)33(16-25(34)39-26(2,3)4)41(35,36)20-13-17(28)12-19(15-20)40-42(37,38)27(29,30)31/h6-15H,5,16H2,1-4H3. The number of hydrogen-bond donors (Lipinski definition) is 0. The molecule has 0 N–H and O–H groups in total. The summed E-state index contributed by atoms with van der Waals surface area (Å²) < 4.78 is 102. The Hall–Kier alpha value is -3.49. The lowest BCUT2D eigenvalue weighted by atomic mass is 10.1. The van der Waals surface area contributed by atoms with Crippen molar-refractivity contribution in [3.8, 4) is 5.75 Å². The second kappa shape index (κ2) is 11.0. The topological polar surface area (TPSA) is 112 Å². The quantitative estimate of drug-likeness (QED) is 0.127. The Bertz CT molecular complexity index is 1900. The normalized spacial score (nSPS) is 13.0. The van der Waals surface area contributed by atoms with Crippen molar-refractivity contribution < 1.29 is 43.7 Å². The first-order valence-electron chi connectivity index (χ1n) is 12.4. The van der Waals surface area contributed by atoms with E-state index in [1.807, 2.05) is 35.8 Å². The van der Waals surface area contributed by atoms with Crippen molar-refractivity contribution in [3.63, 3.8) is 0 Å². The van der Waals surface area contributed by atoms with Crippen LogP contribution in [0.3, 0.4) is 0 Å². The second-order valence-corrected chi connectivity index (χ2v) is 14.0. The van der Waals surface area contributed by atoms with Gasteiger partial charge in [0.25, 0.3) is 10.0 Å². The van der Waals surface area contributed by atoms with Crippen LogP contribution in [0.2, 0.25) is 5.02 Å². The van der Waals surface area contributed by atoms with Crippen LogP contribution in [0.1, 0.15) is 27.7 Å². The first kappa shape index (κ1) is 31.4. The Balaban J connectivity index is 1.89. The van der Waals surface area contributed by atoms with Crippen molar-refractivity contribution in [3.05, 3.63) is 65.7 Å². The van der Waals surface area contributed by atoms with Crippen LogP contribution in [-0.2, 0) is 36.2 Å². The zero-order valence-corrected chi connectivity index (χ0v) is 25.2. The molecule has 0 bridgehead atoms. The minimum absolute atomic E-state index is 0.0396. The molecule has 0 aliphatic heterocycles. The molecule has 9 nitrogen and oxygen atoms in total. The van der Waals surface area contributed by atoms with Crippen LogP contribution in [0.15, 0.2) is 65.6 Å². The Morgan fingerprint density at radius 2 is 1.57 bits per heavy atom. The van der Waals surface area contributed by atoms with E-state index in [9.17, 15) is 34.8 Å². The largest absolute Gasteiger partial charge is 0.534 e. The molecule has 0 fully saturated rings. The summed E-state index contributed by atoms with van der Waals surface area (Å²) in [5.74, 6) is -1.91. The molecule has 42 heavy (non-hydrogen) atoms. The van der Waals surface area contributed by atoms with Gasteiger partial charge in [0.1, 0.15) is 17.9 Å². The molecule has 0 unspecified atom stereocenters. The minimum Gasteiger partial charge on any atom is -0.459 e. The molecule has 1 aromatic heterocycles. The molecule has 0 amide bonds. The van der Waals surface area contributed by atoms with Gasteiger partial charge in [0.2, 0.25) is 0 Å². The predicted molar refractivity (Wildman–Crippen MR) is 153 cm³/mol. The third-order valence-corrected chi connectivity index (χ3v) is 8.92. The van der Waals surface area contributed by atoms with Gasteiger partial charge in [-0.25, -0.2) is 8.42 Å². The summed E-state index contributed by atoms with van der Waals surface area (Å²) in [6.07, 6.45) is 0. The van der Waals surface area contributed by atoms with E-state index in [0.29, 0.717) is 28.4 Å². The van der Waals surface area contributed by atoms with Crippen molar-refractivity contribution in [1.29, 1.82) is 0 Å². The van der Waals surface area contributed by atoms with Gasteiger partial charge < -0.3 is 13.5 Å². The molecule has 0 spiro atoms. The van der Waals surface area contributed by atoms with Gasteiger partial charge in [0, 0.05) is 45.5 Å². The van der Waals surface area contributed by atoms with E-state index in [4.69, 9.17) is 16.3 Å². The van der Waals surface area contributed by atoms with E-state index < -0.39 is 59.4 Å². The molecule has 0 atom stereocenters. The number of ether oxygens (including phenoxy) is 1. The summed E-state index contributed by atoms with van der Waals surface area (Å²) in [6, 6.07) is 14.4. The van der Waals surface area contributed by atoms with Gasteiger partial charge in [-0.3, -0.25) is 9.10 Å². The number of sulfonamides is 1. The number of benzene rings is 3. The number of aryl methyl sites for hydroxylation is 1. The van der Waals surface area contributed by atoms with Crippen LogP contribution < -0.4 is 8.49 Å². The van der Waals surface area contributed by atoms with E-state index >= 15 is 0 Å². The summed E-state index contributed by atoms with van der Waals surface area (Å²) in [6.45, 7) is 6.54. The van der Waals surface area contributed by atoms with Crippen LogP contribution in [0.25, 0.3) is 21.8 Å². The number of halogens is 4.